The summed E-state index contributed by atoms with van der Waals surface area (Å²) in [6, 6.07) is 16.0. The minimum Gasteiger partial charge on any atom is -0.494 e. The lowest BCUT2D eigenvalue weighted by Gasteiger charge is -2.38. The number of nitrogens with one attached hydrogen (secondary N) is 2. The lowest BCUT2D eigenvalue weighted by Crippen LogP contribution is -2.51. The quantitative estimate of drug-likeness (QED) is 0.641. The van der Waals surface area contributed by atoms with Gasteiger partial charge in [-0.1, -0.05) is 49.2 Å². The van der Waals surface area contributed by atoms with Crippen molar-refractivity contribution < 1.29 is 9.53 Å². The molecule has 4 rings (SSSR count). The van der Waals surface area contributed by atoms with Gasteiger partial charge in [-0.2, -0.15) is 0 Å². The van der Waals surface area contributed by atoms with E-state index in [1.165, 1.54) is 0 Å². The molecule has 2 heterocycles. The highest BCUT2D eigenvalue weighted by Gasteiger charge is 2.37. The van der Waals surface area contributed by atoms with Gasteiger partial charge in [-0.3, -0.25) is 10.2 Å². The van der Waals surface area contributed by atoms with Crippen LogP contribution in [0, 0.1) is 5.92 Å². The van der Waals surface area contributed by atoms with E-state index >= 15 is 0 Å². The number of hydrogen-bond acceptors (Lipinski definition) is 5. The number of para-hydroxylation sites is 1. The van der Waals surface area contributed by atoms with Crippen LogP contribution < -0.4 is 20.5 Å². The van der Waals surface area contributed by atoms with Gasteiger partial charge in [0.25, 0.3) is 0 Å². The molecule has 0 aromatic heterocycles. The molecule has 6 nitrogen and oxygen atoms in total. The van der Waals surface area contributed by atoms with E-state index in [0.717, 1.165) is 54.6 Å². The van der Waals surface area contributed by atoms with E-state index in [1.807, 2.05) is 41.3 Å². The zero-order valence-corrected chi connectivity index (χ0v) is 18.8. The van der Waals surface area contributed by atoms with Crippen molar-refractivity contribution in [3.05, 3.63) is 59.1 Å². The Balaban J connectivity index is 1.35. The summed E-state index contributed by atoms with van der Waals surface area (Å²) in [6.07, 6.45) is 2.17. The van der Waals surface area contributed by atoms with E-state index in [1.54, 1.807) is 0 Å². The molecular weight excluding hydrogens is 412 g/mol. The van der Waals surface area contributed by atoms with Gasteiger partial charge in [-0.05, 0) is 36.2 Å². The molecule has 2 aliphatic rings. The number of nitrogens with zero attached hydrogens (tertiary/aromatic N) is 2. The maximum atomic E-state index is 13.3. The highest BCUT2D eigenvalue weighted by atomic mass is 35.5. The van der Waals surface area contributed by atoms with Gasteiger partial charge >= 0.3 is 0 Å². The zero-order valence-electron chi connectivity index (χ0n) is 18.0. The molecule has 7 heteroatoms. The third kappa shape index (κ3) is 5.14. The summed E-state index contributed by atoms with van der Waals surface area (Å²) >= 11 is 6.35. The Morgan fingerprint density at radius 3 is 2.55 bits per heavy atom. The lowest BCUT2D eigenvalue weighted by molar-refractivity contribution is -0.135. The second-order valence-electron chi connectivity index (χ2n) is 8.14. The number of amides is 1. The molecule has 2 aliphatic heterocycles. The Morgan fingerprint density at radius 1 is 1.10 bits per heavy atom. The average Bonchev–Trinajstić information content (AvgIpc) is 3.30. The van der Waals surface area contributed by atoms with Crippen molar-refractivity contribution in [2.75, 3.05) is 44.2 Å². The molecule has 0 saturated carbocycles. The smallest absolute Gasteiger partial charge is 0.229 e. The van der Waals surface area contributed by atoms with Crippen LogP contribution >= 0.6 is 11.6 Å². The van der Waals surface area contributed by atoms with Crippen molar-refractivity contribution >= 4 is 23.2 Å². The van der Waals surface area contributed by atoms with Gasteiger partial charge in [0.1, 0.15) is 5.75 Å². The fourth-order valence-electron chi connectivity index (χ4n) is 4.26. The number of rotatable bonds is 7. The van der Waals surface area contributed by atoms with Crippen LogP contribution in [0.1, 0.15) is 31.4 Å². The van der Waals surface area contributed by atoms with Gasteiger partial charge in [-0.25, -0.2) is 5.43 Å². The minimum absolute atomic E-state index is 0.0428. The zero-order chi connectivity index (χ0) is 21.6. The molecule has 2 aromatic rings. The topological polar surface area (TPSA) is 56.8 Å². The number of ether oxygens (including phenoxy) is 1. The number of anilines is 1. The van der Waals surface area contributed by atoms with Crippen molar-refractivity contribution in [2.24, 2.45) is 5.92 Å². The Morgan fingerprint density at radius 2 is 1.84 bits per heavy atom. The molecule has 2 saturated heterocycles. The number of piperazine rings is 1. The molecule has 1 amide bonds. The standard InChI is InChI=1S/C24H31ClN4O2/c1-2-3-16-31-19-10-8-18(9-11-19)23-20(17-26-27-23)24(30)29-14-12-28(13-15-29)22-7-5-4-6-21(22)25/h4-11,20,23,26-27H,2-3,12-17H2,1H3. The fraction of sp³-hybridized carbons (Fsp3) is 0.458. The summed E-state index contributed by atoms with van der Waals surface area (Å²) < 4.78 is 5.76. The summed E-state index contributed by atoms with van der Waals surface area (Å²) in [6.45, 7) is 6.51. The van der Waals surface area contributed by atoms with Crippen LogP contribution in [0.4, 0.5) is 5.69 Å². The van der Waals surface area contributed by atoms with Crippen molar-refractivity contribution in [1.29, 1.82) is 0 Å². The van der Waals surface area contributed by atoms with Gasteiger partial charge < -0.3 is 14.5 Å². The first kappa shape index (κ1) is 21.9. The summed E-state index contributed by atoms with van der Waals surface area (Å²) in [4.78, 5) is 17.6. The van der Waals surface area contributed by atoms with Crippen molar-refractivity contribution in [2.45, 2.75) is 25.8 Å². The first-order valence-electron chi connectivity index (χ1n) is 11.2. The molecule has 2 unspecified atom stereocenters. The molecular formula is C24H31ClN4O2. The first-order valence-corrected chi connectivity index (χ1v) is 11.5. The van der Waals surface area contributed by atoms with Gasteiger partial charge in [0.2, 0.25) is 5.91 Å². The van der Waals surface area contributed by atoms with E-state index in [2.05, 4.69) is 34.8 Å². The van der Waals surface area contributed by atoms with Gasteiger partial charge in [0, 0.05) is 32.7 Å². The molecule has 2 atom stereocenters. The number of carbonyl (C=O) groups excluding carboxylic acids is 1. The fourth-order valence-corrected chi connectivity index (χ4v) is 4.51. The van der Waals surface area contributed by atoms with Crippen LogP contribution in [0.5, 0.6) is 5.75 Å². The van der Waals surface area contributed by atoms with Crippen LogP contribution in [0.25, 0.3) is 0 Å². The number of unbranched alkanes of at least 4 members (excludes halogenated alkanes) is 1. The number of carbonyl (C=O) groups is 1. The van der Waals surface area contributed by atoms with Crippen LogP contribution in [-0.4, -0.2) is 50.1 Å². The second-order valence-corrected chi connectivity index (χ2v) is 8.55. The molecule has 31 heavy (non-hydrogen) atoms. The maximum absolute atomic E-state index is 13.3. The average molecular weight is 443 g/mol. The Labute approximate surface area is 189 Å². The molecule has 166 valence electrons. The molecule has 2 N–H and O–H groups in total. The van der Waals surface area contributed by atoms with Gasteiger partial charge in [0.05, 0.1) is 29.3 Å². The Kier molecular flexibility index (Phi) is 7.33. The first-order chi connectivity index (χ1) is 15.2. The monoisotopic (exact) mass is 442 g/mol. The Hall–Kier alpha value is -2.28. The maximum Gasteiger partial charge on any atom is 0.229 e. The van der Waals surface area contributed by atoms with E-state index in [4.69, 9.17) is 16.3 Å². The summed E-state index contributed by atoms with van der Waals surface area (Å²) in [5, 5.41) is 0.758. The normalized spacial score (nSPS) is 21.4. The van der Waals surface area contributed by atoms with E-state index in [-0.39, 0.29) is 17.9 Å². The van der Waals surface area contributed by atoms with E-state index in [0.29, 0.717) is 19.6 Å². The van der Waals surface area contributed by atoms with Crippen molar-refractivity contribution in [1.82, 2.24) is 15.8 Å². The Bertz CT molecular complexity index is 868. The second kappa shape index (κ2) is 10.4. The number of benzene rings is 2. The number of halogens is 1. The summed E-state index contributed by atoms with van der Waals surface area (Å²) in [5.74, 6) is 0.949. The highest BCUT2D eigenvalue weighted by Crippen LogP contribution is 2.30. The molecule has 0 aliphatic carbocycles. The number of hydrazine groups is 1. The molecule has 0 spiro atoms. The minimum atomic E-state index is -0.126. The summed E-state index contributed by atoms with van der Waals surface area (Å²) in [5.41, 5.74) is 8.61. The lowest BCUT2D eigenvalue weighted by atomic mass is 9.93. The predicted molar refractivity (Wildman–Crippen MR) is 124 cm³/mol. The largest absolute Gasteiger partial charge is 0.494 e. The molecule has 0 radical (unpaired) electrons. The van der Waals surface area contributed by atoms with Crippen LogP contribution in [0.3, 0.4) is 0 Å². The van der Waals surface area contributed by atoms with Gasteiger partial charge in [0.15, 0.2) is 0 Å². The summed E-state index contributed by atoms with van der Waals surface area (Å²) in [7, 11) is 0. The SMILES string of the molecule is CCCCOc1ccc(C2NNCC2C(=O)N2CCN(c3ccccc3Cl)CC2)cc1. The van der Waals surface area contributed by atoms with Gasteiger partial charge in [-0.15, -0.1) is 0 Å². The number of hydrogen-bond donors (Lipinski definition) is 2. The third-order valence-electron chi connectivity index (χ3n) is 6.09. The van der Waals surface area contributed by atoms with Crippen LogP contribution in [-0.2, 0) is 4.79 Å². The van der Waals surface area contributed by atoms with Crippen LogP contribution in [0.15, 0.2) is 48.5 Å². The highest BCUT2D eigenvalue weighted by molar-refractivity contribution is 6.33. The molecule has 2 fully saturated rings. The van der Waals surface area contributed by atoms with Crippen LogP contribution in [0.2, 0.25) is 5.02 Å². The van der Waals surface area contributed by atoms with Crippen molar-refractivity contribution in [3.8, 4) is 5.75 Å². The third-order valence-corrected chi connectivity index (χ3v) is 6.41. The molecule has 2 aromatic carbocycles. The molecule has 0 bridgehead atoms. The van der Waals surface area contributed by atoms with E-state index in [9.17, 15) is 4.79 Å². The predicted octanol–water partition coefficient (Wildman–Crippen LogP) is 3.63. The van der Waals surface area contributed by atoms with Crippen molar-refractivity contribution in [3.63, 3.8) is 0 Å². The van der Waals surface area contributed by atoms with E-state index < -0.39 is 0 Å².